The lowest BCUT2D eigenvalue weighted by Crippen LogP contribution is -2.38. The van der Waals surface area contributed by atoms with Crippen LogP contribution in [0.3, 0.4) is 0 Å². The molecule has 1 atom stereocenters. The van der Waals surface area contributed by atoms with Gasteiger partial charge >= 0.3 is 0 Å². The minimum atomic E-state index is -0.249. The number of hydrogen-bond acceptors (Lipinski definition) is 4. The van der Waals surface area contributed by atoms with E-state index >= 15 is 0 Å². The summed E-state index contributed by atoms with van der Waals surface area (Å²) in [6.45, 7) is 9.87. The van der Waals surface area contributed by atoms with E-state index in [2.05, 4.69) is 18.0 Å². The number of rotatable bonds is 6. The second-order valence-electron chi connectivity index (χ2n) is 8.10. The van der Waals surface area contributed by atoms with E-state index in [0.717, 1.165) is 48.1 Å². The van der Waals surface area contributed by atoms with E-state index < -0.39 is 0 Å². The smallest absolute Gasteiger partial charge is 0.255 e. The molecule has 1 fully saturated rings. The number of benzene rings is 1. The molecular formula is C24H31NO4. The molecular weight excluding hydrogens is 366 g/mol. The zero-order valence-corrected chi connectivity index (χ0v) is 17.7. The lowest BCUT2D eigenvalue weighted by atomic mass is 9.92. The summed E-state index contributed by atoms with van der Waals surface area (Å²) in [4.78, 5) is 13.1. The molecule has 5 nitrogen and oxygen atoms in total. The van der Waals surface area contributed by atoms with Crippen molar-refractivity contribution in [1.82, 2.24) is 5.32 Å². The molecule has 1 unspecified atom stereocenters. The molecule has 1 heterocycles. The highest BCUT2D eigenvalue weighted by Gasteiger charge is 2.27. The number of allylic oxidation sites excluding steroid dienone is 1. The Morgan fingerprint density at radius 3 is 2.55 bits per heavy atom. The summed E-state index contributed by atoms with van der Waals surface area (Å²) in [5.74, 6) is 1.87. The molecule has 1 aliphatic rings. The first-order valence-electron chi connectivity index (χ1n) is 10.2. The van der Waals surface area contributed by atoms with Crippen molar-refractivity contribution in [3.05, 3.63) is 59.1 Å². The van der Waals surface area contributed by atoms with Gasteiger partial charge in [0.05, 0.1) is 18.8 Å². The number of aliphatic hydroxyl groups excluding tert-OH is 1. The fraction of sp³-hybridized carbons (Fsp3) is 0.458. The molecule has 2 N–H and O–H groups in total. The van der Waals surface area contributed by atoms with Gasteiger partial charge in [0.15, 0.2) is 0 Å². The van der Waals surface area contributed by atoms with Crippen molar-refractivity contribution in [2.75, 3.05) is 7.11 Å². The summed E-state index contributed by atoms with van der Waals surface area (Å²) in [5.41, 5.74) is 3.43. The molecule has 1 aromatic carbocycles. The van der Waals surface area contributed by atoms with Gasteiger partial charge in [-0.3, -0.25) is 4.79 Å². The standard InChI is InChI=1S/C24H31NO4/c1-14(2)22-13-20(24(27)25-18-7-9-19(26)10-8-18)23(29-22)16(4)17-6-11-21(28-5)15(3)12-17/h6,11-13,16,18-19,26H,1,7-10H2,2-5H3,(H,25,27). The minimum Gasteiger partial charge on any atom is -0.496 e. The van der Waals surface area contributed by atoms with Gasteiger partial charge in [0.25, 0.3) is 5.91 Å². The van der Waals surface area contributed by atoms with Crippen LogP contribution < -0.4 is 10.1 Å². The van der Waals surface area contributed by atoms with Crippen LogP contribution in [0.25, 0.3) is 5.57 Å². The van der Waals surface area contributed by atoms with E-state index in [9.17, 15) is 9.90 Å². The van der Waals surface area contributed by atoms with Crippen LogP contribution in [0.5, 0.6) is 5.75 Å². The van der Waals surface area contributed by atoms with Gasteiger partial charge in [-0.1, -0.05) is 25.6 Å². The maximum atomic E-state index is 13.1. The predicted molar refractivity (Wildman–Crippen MR) is 114 cm³/mol. The number of carbonyl (C=O) groups excluding carboxylic acids is 1. The number of methoxy groups -OCH3 is 1. The Bertz CT molecular complexity index is 890. The molecule has 0 spiro atoms. The van der Waals surface area contributed by atoms with Crippen molar-refractivity contribution in [3.8, 4) is 5.75 Å². The lowest BCUT2D eigenvalue weighted by Gasteiger charge is -2.26. The monoisotopic (exact) mass is 397 g/mol. The van der Waals surface area contributed by atoms with Crippen molar-refractivity contribution >= 4 is 11.5 Å². The zero-order chi connectivity index (χ0) is 21.1. The second-order valence-corrected chi connectivity index (χ2v) is 8.10. The van der Waals surface area contributed by atoms with Crippen molar-refractivity contribution < 1.29 is 19.1 Å². The Hall–Kier alpha value is -2.53. The second kappa shape index (κ2) is 8.87. The van der Waals surface area contributed by atoms with E-state index in [0.29, 0.717) is 17.1 Å². The molecule has 0 bridgehead atoms. The van der Waals surface area contributed by atoms with E-state index in [-0.39, 0.29) is 24.0 Å². The fourth-order valence-electron chi connectivity index (χ4n) is 3.92. The van der Waals surface area contributed by atoms with Gasteiger partial charge in [-0.25, -0.2) is 0 Å². The molecule has 1 saturated carbocycles. The molecule has 0 aliphatic heterocycles. The Morgan fingerprint density at radius 2 is 1.97 bits per heavy atom. The van der Waals surface area contributed by atoms with Crippen molar-refractivity contribution in [1.29, 1.82) is 0 Å². The van der Waals surface area contributed by atoms with Crippen molar-refractivity contribution in [2.24, 2.45) is 0 Å². The van der Waals surface area contributed by atoms with Gasteiger partial charge in [0.2, 0.25) is 0 Å². The maximum absolute atomic E-state index is 13.1. The Morgan fingerprint density at radius 1 is 1.28 bits per heavy atom. The number of nitrogens with one attached hydrogen (secondary N) is 1. The molecule has 1 aromatic heterocycles. The Labute approximate surface area is 172 Å². The van der Waals surface area contributed by atoms with Crippen molar-refractivity contribution in [3.63, 3.8) is 0 Å². The molecule has 1 amide bonds. The highest BCUT2D eigenvalue weighted by atomic mass is 16.5. The molecule has 1 aliphatic carbocycles. The number of amides is 1. The fourth-order valence-corrected chi connectivity index (χ4v) is 3.92. The maximum Gasteiger partial charge on any atom is 0.255 e. The van der Waals surface area contributed by atoms with Gasteiger partial charge in [-0.2, -0.15) is 0 Å². The number of carbonyl (C=O) groups is 1. The van der Waals surface area contributed by atoms with Gasteiger partial charge < -0.3 is 19.6 Å². The highest BCUT2D eigenvalue weighted by molar-refractivity contribution is 5.96. The zero-order valence-electron chi connectivity index (χ0n) is 17.7. The normalized spacial score (nSPS) is 20.2. The molecule has 0 saturated heterocycles. The molecule has 156 valence electrons. The number of furan rings is 1. The van der Waals surface area contributed by atoms with E-state index in [1.165, 1.54) is 0 Å². The van der Waals surface area contributed by atoms with E-state index in [4.69, 9.17) is 9.15 Å². The first kappa shape index (κ1) is 21.2. The number of ether oxygens (including phenoxy) is 1. The molecule has 5 heteroatoms. The molecule has 0 radical (unpaired) electrons. The summed E-state index contributed by atoms with van der Waals surface area (Å²) in [7, 11) is 1.66. The third-order valence-corrected chi connectivity index (χ3v) is 5.77. The van der Waals surface area contributed by atoms with Crippen LogP contribution in [0.1, 0.15) is 78.5 Å². The SMILES string of the molecule is C=C(C)c1cc(C(=O)NC2CCC(O)CC2)c(C(C)c2ccc(OC)c(C)c2)o1. The van der Waals surface area contributed by atoms with Crippen LogP contribution in [-0.2, 0) is 0 Å². The van der Waals surface area contributed by atoms with Gasteiger partial charge in [-0.05, 0) is 68.4 Å². The summed E-state index contributed by atoms with van der Waals surface area (Å²) in [6, 6.07) is 7.88. The Kier molecular flexibility index (Phi) is 6.48. The number of hydrogen-bond donors (Lipinski definition) is 2. The predicted octanol–water partition coefficient (Wildman–Crippen LogP) is 4.81. The van der Waals surface area contributed by atoms with Crippen LogP contribution in [0.2, 0.25) is 0 Å². The van der Waals surface area contributed by atoms with Crippen LogP contribution >= 0.6 is 0 Å². The molecule has 29 heavy (non-hydrogen) atoms. The quantitative estimate of drug-likeness (QED) is 0.733. The van der Waals surface area contributed by atoms with Crippen LogP contribution in [-0.4, -0.2) is 30.3 Å². The summed E-state index contributed by atoms with van der Waals surface area (Å²) in [5, 5.41) is 12.8. The highest BCUT2D eigenvalue weighted by Crippen LogP contribution is 2.33. The largest absolute Gasteiger partial charge is 0.496 e. The van der Waals surface area contributed by atoms with Crippen molar-refractivity contribution in [2.45, 2.75) is 64.5 Å². The summed E-state index contributed by atoms with van der Waals surface area (Å²) >= 11 is 0. The topological polar surface area (TPSA) is 71.7 Å². The van der Waals surface area contributed by atoms with E-state index in [1.54, 1.807) is 13.2 Å². The minimum absolute atomic E-state index is 0.0838. The summed E-state index contributed by atoms with van der Waals surface area (Å²) in [6.07, 6.45) is 2.78. The summed E-state index contributed by atoms with van der Waals surface area (Å²) < 4.78 is 11.4. The molecule has 3 rings (SSSR count). The molecule has 2 aromatic rings. The van der Waals surface area contributed by atoms with Gasteiger partial charge in [0.1, 0.15) is 17.3 Å². The Balaban J connectivity index is 1.88. The third kappa shape index (κ3) is 4.73. The van der Waals surface area contributed by atoms with Gasteiger partial charge in [-0.15, -0.1) is 0 Å². The average molecular weight is 398 g/mol. The van der Waals surface area contributed by atoms with Crippen LogP contribution in [0.15, 0.2) is 35.3 Å². The van der Waals surface area contributed by atoms with E-state index in [1.807, 2.05) is 32.9 Å². The van der Waals surface area contributed by atoms with Crippen LogP contribution in [0, 0.1) is 6.92 Å². The lowest BCUT2D eigenvalue weighted by molar-refractivity contribution is 0.0865. The first-order chi connectivity index (χ1) is 13.8. The average Bonchev–Trinajstić information content (AvgIpc) is 3.15. The third-order valence-electron chi connectivity index (χ3n) is 5.77. The number of aliphatic hydroxyl groups is 1. The number of aryl methyl sites for hydroxylation is 1. The van der Waals surface area contributed by atoms with Gasteiger partial charge in [0, 0.05) is 12.0 Å². The first-order valence-corrected chi connectivity index (χ1v) is 10.2. The van der Waals surface area contributed by atoms with Crippen LogP contribution in [0.4, 0.5) is 0 Å².